The van der Waals surface area contributed by atoms with E-state index in [1.807, 2.05) is 18.7 Å². The molecule has 1 fully saturated rings. The first-order chi connectivity index (χ1) is 13.0. The highest BCUT2D eigenvalue weighted by molar-refractivity contribution is 5.96. The number of carbonyl (C=O) groups excluding carboxylic acids is 2. The molecule has 1 aliphatic rings. The molecule has 1 aromatic heterocycles. The molecular weight excluding hydrogens is 347 g/mol. The van der Waals surface area contributed by atoms with Crippen molar-refractivity contribution < 1.29 is 14.0 Å². The summed E-state index contributed by atoms with van der Waals surface area (Å²) < 4.78 is 13.9. The van der Waals surface area contributed by atoms with Gasteiger partial charge in [0.1, 0.15) is 17.2 Å². The normalized spacial score (nSPS) is 14.4. The third-order valence-corrected chi connectivity index (χ3v) is 4.38. The highest BCUT2D eigenvalue weighted by atomic mass is 19.1. The van der Waals surface area contributed by atoms with Gasteiger partial charge in [0.2, 0.25) is 0 Å². The van der Waals surface area contributed by atoms with Gasteiger partial charge in [0.15, 0.2) is 0 Å². The Hall–Kier alpha value is -2.96. The van der Waals surface area contributed by atoms with Crippen LogP contribution in [0.25, 0.3) is 0 Å². The van der Waals surface area contributed by atoms with E-state index in [0.29, 0.717) is 31.9 Å². The Balaban J connectivity index is 1.66. The number of benzene rings is 1. The van der Waals surface area contributed by atoms with Gasteiger partial charge in [-0.15, -0.1) is 0 Å². The number of nitrogens with one attached hydrogen (secondary N) is 1. The Kier molecular flexibility index (Phi) is 5.69. The van der Waals surface area contributed by atoms with Gasteiger partial charge in [-0.05, 0) is 38.1 Å². The summed E-state index contributed by atoms with van der Waals surface area (Å²) in [6.07, 6.45) is 0. The lowest BCUT2D eigenvalue weighted by Crippen LogP contribution is -2.49. The fraction of sp³-hybridized carbons (Fsp3) is 0.350. The van der Waals surface area contributed by atoms with Gasteiger partial charge in [-0.3, -0.25) is 9.59 Å². The monoisotopic (exact) mass is 370 g/mol. The Bertz CT molecular complexity index is 832. The highest BCUT2D eigenvalue weighted by Crippen LogP contribution is 2.20. The quantitative estimate of drug-likeness (QED) is 0.897. The van der Waals surface area contributed by atoms with Gasteiger partial charge < -0.3 is 15.1 Å². The number of piperazine rings is 1. The van der Waals surface area contributed by atoms with E-state index >= 15 is 0 Å². The van der Waals surface area contributed by atoms with Gasteiger partial charge in [0, 0.05) is 32.2 Å². The van der Waals surface area contributed by atoms with Crippen LogP contribution < -0.4 is 10.2 Å². The first kappa shape index (κ1) is 18.8. The number of anilines is 1. The lowest BCUT2D eigenvalue weighted by atomic mass is 10.2. The summed E-state index contributed by atoms with van der Waals surface area (Å²) in [5, 5.41) is 2.77. The van der Waals surface area contributed by atoms with Crippen LogP contribution in [-0.2, 0) is 0 Å². The third kappa shape index (κ3) is 4.42. The van der Waals surface area contributed by atoms with E-state index < -0.39 is 0 Å². The summed E-state index contributed by atoms with van der Waals surface area (Å²) >= 11 is 0. The lowest BCUT2D eigenvalue weighted by molar-refractivity contribution is 0.0740. The number of hydrogen-bond acceptors (Lipinski definition) is 4. The lowest BCUT2D eigenvalue weighted by Gasteiger charge is -2.36. The Morgan fingerprint density at radius 1 is 1.00 bits per heavy atom. The molecule has 1 saturated heterocycles. The van der Waals surface area contributed by atoms with Crippen molar-refractivity contribution in [2.24, 2.45) is 0 Å². The molecule has 0 atom stereocenters. The van der Waals surface area contributed by atoms with Gasteiger partial charge in [0.05, 0.1) is 5.69 Å². The third-order valence-electron chi connectivity index (χ3n) is 4.38. The molecule has 1 aromatic carbocycles. The van der Waals surface area contributed by atoms with Crippen LogP contribution in [0.1, 0.15) is 34.8 Å². The Labute approximate surface area is 158 Å². The zero-order chi connectivity index (χ0) is 19.4. The minimum Gasteiger partial charge on any atom is -0.366 e. The number of halogens is 1. The van der Waals surface area contributed by atoms with Gasteiger partial charge in [-0.25, -0.2) is 9.37 Å². The second-order valence-electron chi connectivity index (χ2n) is 6.77. The van der Waals surface area contributed by atoms with Gasteiger partial charge in [-0.1, -0.05) is 18.2 Å². The number of nitrogens with zero attached hydrogens (tertiary/aromatic N) is 3. The topological polar surface area (TPSA) is 65.5 Å². The number of para-hydroxylation sites is 1. The molecule has 2 aromatic rings. The zero-order valence-electron chi connectivity index (χ0n) is 15.5. The highest BCUT2D eigenvalue weighted by Gasteiger charge is 2.24. The van der Waals surface area contributed by atoms with E-state index in [0.717, 1.165) is 0 Å². The van der Waals surface area contributed by atoms with Gasteiger partial charge in [-0.2, -0.15) is 0 Å². The molecule has 0 saturated carbocycles. The van der Waals surface area contributed by atoms with Crippen molar-refractivity contribution in [2.75, 3.05) is 31.1 Å². The van der Waals surface area contributed by atoms with Crippen molar-refractivity contribution >= 4 is 17.5 Å². The van der Waals surface area contributed by atoms with Crippen molar-refractivity contribution in [2.45, 2.75) is 19.9 Å². The number of rotatable bonds is 4. The molecule has 2 heterocycles. The molecule has 6 nitrogen and oxygen atoms in total. The zero-order valence-corrected chi connectivity index (χ0v) is 15.5. The average Bonchev–Trinajstić information content (AvgIpc) is 2.67. The van der Waals surface area contributed by atoms with E-state index in [-0.39, 0.29) is 35.1 Å². The number of carbonyl (C=O) groups is 2. The van der Waals surface area contributed by atoms with E-state index in [2.05, 4.69) is 10.3 Å². The van der Waals surface area contributed by atoms with E-state index in [1.54, 1.807) is 41.3 Å². The first-order valence-electron chi connectivity index (χ1n) is 9.02. The minimum absolute atomic E-state index is 0.00915. The second kappa shape index (κ2) is 8.16. The van der Waals surface area contributed by atoms with Crippen LogP contribution in [0.3, 0.4) is 0 Å². The molecule has 27 heavy (non-hydrogen) atoms. The summed E-state index contributed by atoms with van der Waals surface area (Å²) in [5.41, 5.74) is 1.01. The van der Waals surface area contributed by atoms with Crippen LogP contribution in [0.5, 0.6) is 0 Å². The van der Waals surface area contributed by atoms with Crippen molar-refractivity contribution in [3.05, 3.63) is 59.7 Å². The fourth-order valence-corrected chi connectivity index (χ4v) is 3.04. The number of pyridine rings is 1. The van der Waals surface area contributed by atoms with Crippen LogP contribution in [0.4, 0.5) is 10.1 Å². The van der Waals surface area contributed by atoms with Crippen molar-refractivity contribution in [1.29, 1.82) is 0 Å². The molecule has 3 rings (SSSR count). The molecule has 1 aliphatic heterocycles. The fourth-order valence-electron chi connectivity index (χ4n) is 3.04. The standard InChI is InChI=1S/C20H23FN4O2/c1-14(2)22-19(26)16-7-5-8-17(23-16)20(27)25-12-10-24(11-13-25)18-9-4-3-6-15(18)21/h3-9,14H,10-13H2,1-2H3,(H,22,26). The van der Waals surface area contributed by atoms with Crippen molar-refractivity contribution in [3.8, 4) is 0 Å². The van der Waals surface area contributed by atoms with E-state index in [9.17, 15) is 14.0 Å². The Morgan fingerprint density at radius 3 is 2.33 bits per heavy atom. The predicted molar refractivity (Wildman–Crippen MR) is 101 cm³/mol. The maximum absolute atomic E-state index is 13.9. The van der Waals surface area contributed by atoms with E-state index in [4.69, 9.17) is 0 Å². The summed E-state index contributed by atoms with van der Waals surface area (Å²) in [5.74, 6) is -0.783. The van der Waals surface area contributed by atoms with Crippen molar-refractivity contribution in [1.82, 2.24) is 15.2 Å². The van der Waals surface area contributed by atoms with Crippen LogP contribution in [0.2, 0.25) is 0 Å². The molecule has 0 unspecified atom stereocenters. The van der Waals surface area contributed by atoms with Crippen LogP contribution in [0.15, 0.2) is 42.5 Å². The summed E-state index contributed by atoms with van der Waals surface area (Å²) in [7, 11) is 0. The molecule has 1 N–H and O–H groups in total. The van der Waals surface area contributed by atoms with E-state index in [1.165, 1.54) is 6.07 Å². The molecule has 0 bridgehead atoms. The molecule has 0 aliphatic carbocycles. The molecule has 142 valence electrons. The predicted octanol–water partition coefficient (Wildman–Crippen LogP) is 2.32. The maximum Gasteiger partial charge on any atom is 0.272 e. The summed E-state index contributed by atoms with van der Waals surface area (Å²) in [4.78, 5) is 32.7. The molecule has 0 spiro atoms. The Morgan fingerprint density at radius 2 is 1.67 bits per heavy atom. The minimum atomic E-state index is -0.302. The average molecular weight is 370 g/mol. The van der Waals surface area contributed by atoms with Crippen LogP contribution in [0, 0.1) is 5.82 Å². The molecule has 7 heteroatoms. The summed E-state index contributed by atoms with van der Waals surface area (Å²) in [6, 6.07) is 11.5. The van der Waals surface area contributed by atoms with Crippen molar-refractivity contribution in [3.63, 3.8) is 0 Å². The van der Waals surface area contributed by atoms with Gasteiger partial charge in [0.25, 0.3) is 11.8 Å². The first-order valence-corrected chi connectivity index (χ1v) is 9.02. The van der Waals surface area contributed by atoms with Crippen LogP contribution in [-0.4, -0.2) is 53.9 Å². The molecule has 2 amide bonds. The molecule has 0 radical (unpaired) electrons. The largest absolute Gasteiger partial charge is 0.366 e. The second-order valence-corrected chi connectivity index (χ2v) is 6.77. The number of amides is 2. The SMILES string of the molecule is CC(C)NC(=O)c1cccc(C(=O)N2CCN(c3ccccc3F)CC2)n1. The smallest absolute Gasteiger partial charge is 0.272 e. The maximum atomic E-state index is 13.9. The molecular formula is C20H23FN4O2. The van der Waals surface area contributed by atoms with Crippen LogP contribution >= 0.6 is 0 Å². The summed E-state index contributed by atoms with van der Waals surface area (Å²) in [6.45, 7) is 5.75. The number of hydrogen-bond donors (Lipinski definition) is 1. The van der Waals surface area contributed by atoms with Gasteiger partial charge >= 0.3 is 0 Å². The number of aromatic nitrogens is 1.